The summed E-state index contributed by atoms with van der Waals surface area (Å²) in [6.45, 7) is 0.976. The molecule has 0 fully saturated rings. The van der Waals surface area contributed by atoms with Crippen LogP contribution in [0.4, 0.5) is 13.2 Å². The fourth-order valence-corrected chi connectivity index (χ4v) is 1.37. The van der Waals surface area contributed by atoms with E-state index in [1.165, 1.54) is 24.3 Å². The van der Waals surface area contributed by atoms with Gasteiger partial charge in [0.1, 0.15) is 5.75 Å². The van der Waals surface area contributed by atoms with Gasteiger partial charge in [0.05, 0.1) is 0 Å². The summed E-state index contributed by atoms with van der Waals surface area (Å²) in [6, 6.07) is 5.58. The number of carbonyl (C=O) groups is 1. The number of hydrogen-bond acceptors (Lipinski definition) is 3. The number of rotatable bonds is 6. The van der Waals surface area contributed by atoms with Gasteiger partial charge in [0, 0.05) is 26.6 Å². The van der Waals surface area contributed by atoms with Crippen LogP contribution in [0.15, 0.2) is 24.3 Å². The van der Waals surface area contributed by atoms with Crippen molar-refractivity contribution in [3.05, 3.63) is 29.8 Å². The molecule has 0 radical (unpaired) electrons. The second-order valence-electron chi connectivity index (χ2n) is 3.79. The number of alkyl halides is 3. The van der Waals surface area contributed by atoms with Crippen LogP contribution in [0, 0.1) is 0 Å². The Morgan fingerprint density at radius 3 is 2.42 bits per heavy atom. The number of carbonyl (C=O) groups excluding carboxylic acids is 1. The van der Waals surface area contributed by atoms with Crippen LogP contribution in [-0.2, 0) is 11.3 Å². The van der Waals surface area contributed by atoms with E-state index in [9.17, 15) is 18.0 Å². The van der Waals surface area contributed by atoms with Crippen LogP contribution >= 0.6 is 0 Å². The van der Waals surface area contributed by atoms with Gasteiger partial charge in [0.2, 0.25) is 5.91 Å². The molecule has 0 aliphatic carbocycles. The van der Waals surface area contributed by atoms with Crippen molar-refractivity contribution in [2.75, 3.05) is 13.6 Å². The van der Waals surface area contributed by atoms with E-state index >= 15 is 0 Å². The van der Waals surface area contributed by atoms with Gasteiger partial charge in [-0.15, -0.1) is 13.2 Å². The average Bonchev–Trinajstić information content (AvgIpc) is 2.34. The van der Waals surface area contributed by atoms with Crippen LogP contribution in [0.1, 0.15) is 12.0 Å². The van der Waals surface area contributed by atoms with E-state index in [0.717, 1.165) is 5.56 Å². The third-order valence-electron chi connectivity index (χ3n) is 2.29. The van der Waals surface area contributed by atoms with E-state index in [-0.39, 0.29) is 11.7 Å². The summed E-state index contributed by atoms with van der Waals surface area (Å²) in [7, 11) is 1.56. The summed E-state index contributed by atoms with van der Waals surface area (Å²) >= 11 is 0. The number of hydrogen-bond donors (Lipinski definition) is 2. The lowest BCUT2D eigenvalue weighted by atomic mass is 10.2. The van der Waals surface area contributed by atoms with E-state index in [1.807, 2.05) is 0 Å². The summed E-state index contributed by atoms with van der Waals surface area (Å²) in [5, 5.41) is 5.50. The second-order valence-corrected chi connectivity index (χ2v) is 3.79. The van der Waals surface area contributed by atoms with Crippen molar-refractivity contribution in [3.8, 4) is 5.75 Å². The maximum Gasteiger partial charge on any atom is 0.573 e. The Balaban J connectivity index is 2.34. The molecule has 0 atom stereocenters. The molecule has 4 nitrogen and oxygen atoms in total. The highest BCUT2D eigenvalue weighted by Crippen LogP contribution is 2.22. The molecule has 19 heavy (non-hydrogen) atoms. The van der Waals surface area contributed by atoms with Crippen LogP contribution in [0.25, 0.3) is 0 Å². The van der Waals surface area contributed by atoms with Gasteiger partial charge in [-0.1, -0.05) is 12.1 Å². The predicted molar refractivity (Wildman–Crippen MR) is 63.5 cm³/mol. The van der Waals surface area contributed by atoms with Gasteiger partial charge in [-0.3, -0.25) is 4.79 Å². The SMILES string of the molecule is CNC(=O)CCNCc1ccc(OC(F)(F)F)cc1. The number of benzene rings is 1. The fourth-order valence-electron chi connectivity index (χ4n) is 1.37. The molecule has 1 amide bonds. The molecule has 0 aliphatic heterocycles. The lowest BCUT2D eigenvalue weighted by Gasteiger charge is -2.09. The molecule has 106 valence electrons. The van der Waals surface area contributed by atoms with Gasteiger partial charge < -0.3 is 15.4 Å². The molecule has 0 saturated heterocycles. The predicted octanol–water partition coefficient (Wildman–Crippen LogP) is 1.81. The van der Waals surface area contributed by atoms with Crippen LogP contribution in [0.3, 0.4) is 0 Å². The van der Waals surface area contributed by atoms with Crippen LogP contribution in [0.2, 0.25) is 0 Å². The van der Waals surface area contributed by atoms with Crippen molar-refractivity contribution in [1.29, 1.82) is 0 Å². The van der Waals surface area contributed by atoms with Crippen LogP contribution in [-0.4, -0.2) is 25.9 Å². The van der Waals surface area contributed by atoms with Gasteiger partial charge in [-0.25, -0.2) is 0 Å². The van der Waals surface area contributed by atoms with Crippen molar-refractivity contribution < 1.29 is 22.7 Å². The molecular formula is C12H15F3N2O2. The maximum absolute atomic E-state index is 11.9. The quantitative estimate of drug-likeness (QED) is 0.779. The Morgan fingerprint density at radius 1 is 1.26 bits per heavy atom. The minimum absolute atomic E-state index is 0.0681. The molecule has 7 heteroatoms. The zero-order chi connectivity index (χ0) is 14.3. The summed E-state index contributed by atoms with van der Waals surface area (Å²) < 4.78 is 39.5. The first-order valence-corrected chi connectivity index (χ1v) is 5.66. The lowest BCUT2D eigenvalue weighted by molar-refractivity contribution is -0.274. The van der Waals surface area contributed by atoms with Crippen molar-refractivity contribution >= 4 is 5.91 Å². The summed E-state index contributed by atoms with van der Waals surface area (Å²) in [5.74, 6) is -0.317. The normalized spacial score (nSPS) is 11.2. The van der Waals surface area contributed by atoms with E-state index in [1.54, 1.807) is 7.05 Å². The molecular weight excluding hydrogens is 261 g/mol. The zero-order valence-corrected chi connectivity index (χ0v) is 10.4. The Labute approximate surface area is 108 Å². The molecule has 0 spiro atoms. The Morgan fingerprint density at radius 2 is 1.89 bits per heavy atom. The molecule has 0 aliphatic rings. The highest BCUT2D eigenvalue weighted by atomic mass is 19.4. The first kappa shape index (κ1) is 15.3. The van der Waals surface area contributed by atoms with Crippen LogP contribution < -0.4 is 15.4 Å². The van der Waals surface area contributed by atoms with Gasteiger partial charge >= 0.3 is 6.36 Å². The van der Waals surface area contributed by atoms with Crippen LogP contribution in [0.5, 0.6) is 5.75 Å². The topological polar surface area (TPSA) is 50.4 Å². The van der Waals surface area contributed by atoms with Crippen molar-refractivity contribution in [3.63, 3.8) is 0 Å². The van der Waals surface area contributed by atoms with Gasteiger partial charge in [-0.05, 0) is 17.7 Å². The molecule has 0 aromatic heterocycles. The van der Waals surface area contributed by atoms with Crippen molar-refractivity contribution in [2.24, 2.45) is 0 Å². The first-order valence-electron chi connectivity index (χ1n) is 5.66. The molecule has 1 aromatic rings. The van der Waals surface area contributed by atoms with E-state index < -0.39 is 6.36 Å². The zero-order valence-electron chi connectivity index (χ0n) is 10.4. The Hall–Kier alpha value is -1.76. The number of ether oxygens (including phenoxy) is 1. The van der Waals surface area contributed by atoms with E-state index in [4.69, 9.17) is 0 Å². The minimum Gasteiger partial charge on any atom is -0.406 e. The van der Waals surface area contributed by atoms with Gasteiger partial charge in [0.15, 0.2) is 0 Å². The van der Waals surface area contributed by atoms with Crippen molar-refractivity contribution in [1.82, 2.24) is 10.6 Å². The molecule has 0 heterocycles. The monoisotopic (exact) mass is 276 g/mol. The summed E-state index contributed by atoms with van der Waals surface area (Å²) in [5.41, 5.74) is 0.812. The molecule has 0 saturated carbocycles. The number of halogens is 3. The minimum atomic E-state index is -4.67. The second kappa shape index (κ2) is 6.98. The first-order chi connectivity index (χ1) is 8.90. The van der Waals surface area contributed by atoms with E-state index in [0.29, 0.717) is 19.5 Å². The van der Waals surface area contributed by atoms with Crippen molar-refractivity contribution in [2.45, 2.75) is 19.3 Å². The van der Waals surface area contributed by atoms with Gasteiger partial charge in [0.25, 0.3) is 0 Å². The third kappa shape index (κ3) is 6.66. The Kier molecular flexibility index (Phi) is 5.62. The molecule has 1 rings (SSSR count). The number of amides is 1. The van der Waals surface area contributed by atoms with E-state index in [2.05, 4.69) is 15.4 Å². The molecule has 0 unspecified atom stereocenters. The molecule has 1 aromatic carbocycles. The molecule has 2 N–H and O–H groups in total. The Bertz CT molecular complexity index is 404. The lowest BCUT2D eigenvalue weighted by Crippen LogP contribution is -2.24. The molecule has 0 bridgehead atoms. The summed E-state index contributed by atoms with van der Waals surface area (Å²) in [6.07, 6.45) is -4.32. The number of nitrogens with one attached hydrogen (secondary N) is 2. The maximum atomic E-state index is 11.9. The highest BCUT2D eigenvalue weighted by molar-refractivity contribution is 5.75. The average molecular weight is 276 g/mol. The standard InChI is InChI=1S/C12H15F3N2O2/c1-16-11(18)6-7-17-8-9-2-4-10(5-3-9)19-12(13,14)15/h2-5,17H,6-8H2,1H3,(H,16,18). The third-order valence-corrected chi connectivity index (χ3v) is 2.29. The largest absolute Gasteiger partial charge is 0.573 e. The van der Waals surface area contributed by atoms with Gasteiger partial charge in [-0.2, -0.15) is 0 Å². The highest BCUT2D eigenvalue weighted by Gasteiger charge is 2.30. The summed E-state index contributed by atoms with van der Waals surface area (Å²) in [4.78, 5) is 10.9. The smallest absolute Gasteiger partial charge is 0.406 e. The fraction of sp³-hybridized carbons (Fsp3) is 0.417.